The lowest BCUT2D eigenvalue weighted by Crippen LogP contribution is -2.27. The van der Waals surface area contributed by atoms with Gasteiger partial charge in [-0.2, -0.15) is 0 Å². The molecule has 0 amide bonds. The Hall–Kier alpha value is 0.394. The third kappa shape index (κ3) is 3.02. The van der Waals surface area contributed by atoms with Gasteiger partial charge in [-0.25, -0.2) is 0 Å². The van der Waals surface area contributed by atoms with Crippen LogP contribution in [0.5, 0.6) is 0 Å². The molecule has 0 aliphatic carbocycles. The smallest absolute Gasteiger partial charge is 0.172 e. The molecule has 0 heterocycles. The van der Waals surface area contributed by atoms with Gasteiger partial charge < -0.3 is 4.12 Å². The molecule has 0 fully saturated rings. The fourth-order valence-electron chi connectivity index (χ4n) is 0.144. The molecule has 0 saturated carbocycles. The molecule has 0 bridgehead atoms. The zero-order valence-corrected chi connectivity index (χ0v) is 8.62. The first-order valence-electron chi connectivity index (χ1n) is 2.67. The van der Waals surface area contributed by atoms with Crippen molar-refractivity contribution < 1.29 is 4.12 Å². The largest absolute Gasteiger partial charge is 0.463 e. The first-order valence-corrected chi connectivity index (χ1v) is 6.60. The van der Waals surface area contributed by atoms with E-state index in [0.717, 1.165) is 10.5 Å². The summed E-state index contributed by atoms with van der Waals surface area (Å²) >= 11 is 0. The van der Waals surface area contributed by atoms with Gasteiger partial charge in [-0.3, -0.25) is 0 Å². The molecule has 0 aromatic carbocycles. The summed E-state index contributed by atoms with van der Waals surface area (Å²) in [6, 6.07) is 1.25. The topological polar surface area (TPSA) is 9.23 Å². The molecule has 0 aromatic heterocycles. The van der Waals surface area contributed by atoms with Gasteiger partial charge in [-0.15, -0.1) is 0 Å². The number of hydrogen-bond donors (Lipinski definition) is 0. The molecular weight excluding hydrogens is 120 g/mol. The number of hydrogen-bond acceptors (Lipinski definition) is 1. The van der Waals surface area contributed by atoms with E-state index in [4.69, 9.17) is 4.12 Å². The number of rotatable bonds is 2. The average Bonchev–Trinajstić information content (AvgIpc) is 1.68. The molecule has 7 heavy (non-hydrogen) atoms. The molecule has 3 heteroatoms. The van der Waals surface area contributed by atoms with Crippen LogP contribution in [0, 0.1) is 0 Å². The molecule has 0 N–H and O–H groups in total. The van der Waals surface area contributed by atoms with Crippen molar-refractivity contribution >= 4 is 18.8 Å². The first-order chi connectivity index (χ1) is 3.12. The van der Waals surface area contributed by atoms with Gasteiger partial charge in [0.25, 0.3) is 0 Å². The van der Waals surface area contributed by atoms with E-state index in [2.05, 4.69) is 20.0 Å². The summed E-state index contributed by atoms with van der Waals surface area (Å²) in [5.74, 6) is 0. The van der Waals surface area contributed by atoms with Crippen LogP contribution in [0.1, 0.15) is 6.92 Å². The van der Waals surface area contributed by atoms with E-state index >= 15 is 0 Å². The van der Waals surface area contributed by atoms with Crippen molar-refractivity contribution in [2.75, 3.05) is 0 Å². The molecule has 0 saturated heterocycles. The van der Waals surface area contributed by atoms with Gasteiger partial charge in [0.15, 0.2) is 8.32 Å². The summed E-state index contributed by atoms with van der Waals surface area (Å²) in [6.45, 7) is 6.70. The maximum atomic E-state index is 5.36. The molecular formula is C4H14OSi2. The molecule has 0 aliphatic rings. The normalized spacial score (nSPS) is 12.4. The minimum atomic E-state index is -1.09. The first kappa shape index (κ1) is 7.39. The van der Waals surface area contributed by atoms with Crippen molar-refractivity contribution in [1.29, 1.82) is 0 Å². The Morgan fingerprint density at radius 3 is 2.00 bits per heavy atom. The average molecular weight is 134 g/mol. The summed E-state index contributed by atoms with van der Waals surface area (Å²) in [5, 5.41) is 0. The highest BCUT2D eigenvalue weighted by molar-refractivity contribution is 6.73. The van der Waals surface area contributed by atoms with Crippen molar-refractivity contribution in [2.24, 2.45) is 0 Å². The van der Waals surface area contributed by atoms with E-state index < -0.39 is 8.32 Å². The molecule has 0 unspecified atom stereocenters. The Labute approximate surface area is 49.7 Å². The molecule has 1 nitrogen and oxygen atoms in total. The van der Waals surface area contributed by atoms with Gasteiger partial charge in [0.1, 0.15) is 10.5 Å². The fourth-order valence-corrected chi connectivity index (χ4v) is 1.30. The van der Waals surface area contributed by atoms with E-state index in [9.17, 15) is 0 Å². The second-order valence-corrected chi connectivity index (χ2v) is 8.18. The minimum absolute atomic E-state index is 0.919. The Morgan fingerprint density at radius 1 is 1.57 bits per heavy atom. The van der Waals surface area contributed by atoms with E-state index in [-0.39, 0.29) is 0 Å². The van der Waals surface area contributed by atoms with Crippen molar-refractivity contribution in [1.82, 2.24) is 0 Å². The zero-order valence-electron chi connectivity index (χ0n) is 5.62. The third-order valence-corrected chi connectivity index (χ3v) is 7.53. The Morgan fingerprint density at radius 2 is 2.00 bits per heavy atom. The summed E-state index contributed by atoms with van der Waals surface area (Å²) in [4.78, 5) is 0. The van der Waals surface area contributed by atoms with Crippen LogP contribution in [0.15, 0.2) is 0 Å². The second kappa shape index (κ2) is 2.64. The summed E-state index contributed by atoms with van der Waals surface area (Å²) in [7, 11) is -0.171. The van der Waals surface area contributed by atoms with Crippen molar-refractivity contribution in [3.63, 3.8) is 0 Å². The highest BCUT2D eigenvalue weighted by Crippen LogP contribution is 2.06. The predicted molar refractivity (Wildman–Crippen MR) is 39.0 cm³/mol. The molecule has 0 rings (SSSR count). The van der Waals surface area contributed by atoms with Crippen LogP contribution in [0.25, 0.3) is 0 Å². The van der Waals surface area contributed by atoms with Gasteiger partial charge in [-0.05, 0) is 19.1 Å². The summed E-state index contributed by atoms with van der Waals surface area (Å²) in [6.07, 6.45) is 0. The third-order valence-electron chi connectivity index (χ3n) is 1.40. The van der Waals surface area contributed by atoms with Gasteiger partial charge in [0.2, 0.25) is 0 Å². The van der Waals surface area contributed by atoms with E-state index in [0.29, 0.717) is 0 Å². The molecule has 0 aliphatic heterocycles. The highest BCUT2D eigenvalue weighted by atomic mass is 28.4. The van der Waals surface area contributed by atoms with Crippen molar-refractivity contribution in [3.8, 4) is 0 Å². The Balaban J connectivity index is 3.36. The van der Waals surface area contributed by atoms with Crippen LogP contribution < -0.4 is 0 Å². The fraction of sp³-hybridized carbons (Fsp3) is 1.00. The quantitative estimate of drug-likeness (QED) is 0.500. The van der Waals surface area contributed by atoms with Gasteiger partial charge in [0, 0.05) is 0 Å². The molecule has 0 aromatic rings. The summed E-state index contributed by atoms with van der Waals surface area (Å²) in [5.41, 5.74) is 0. The predicted octanol–water partition coefficient (Wildman–Crippen LogP) is 0.508. The Kier molecular flexibility index (Phi) is 2.79. The van der Waals surface area contributed by atoms with Crippen LogP contribution in [0.4, 0.5) is 0 Å². The maximum Gasteiger partial charge on any atom is 0.172 e. The molecule has 0 atom stereocenters. The monoisotopic (exact) mass is 134 g/mol. The highest BCUT2D eigenvalue weighted by Gasteiger charge is 2.14. The van der Waals surface area contributed by atoms with Gasteiger partial charge >= 0.3 is 0 Å². The van der Waals surface area contributed by atoms with E-state index in [1.54, 1.807) is 0 Å². The second-order valence-electron chi connectivity index (χ2n) is 2.32. The SMILES string of the molecule is CC[Si](C)(C)O[SiH3]. The van der Waals surface area contributed by atoms with E-state index in [1.165, 1.54) is 6.04 Å². The van der Waals surface area contributed by atoms with Crippen LogP contribution in [-0.4, -0.2) is 18.8 Å². The summed E-state index contributed by atoms with van der Waals surface area (Å²) < 4.78 is 5.36. The molecule has 0 radical (unpaired) electrons. The minimum Gasteiger partial charge on any atom is -0.463 e. The van der Waals surface area contributed by atoms with Crippen molar-refractivity contribution in [3.05, 3.63) is 0 Å². The lowest BCUT2D eigenvalue weighted by Gasteiger charge is -2.16. The van der Waals surface area contributed by atoms with Crippen LogP contribution in [0.3, 0.4) is 0 Å². The zero-order chi connectivity index (χ0) is 5.91. The van der Waals surface area contributed by atoms with Crippen molar-refractivity contribution in [2.45, 2.75) is 26.1 Å². The van der Waals surface area contributed by atoms with E-state index in [1.807, 2.05) is 0 Å². The van der Waals surface area contributed by atoms with Crippen LogP contribution in [0.2, 0.25) is 19.1 Å². The van der Waals surface area contributed by atoms with Crippen LogP contribution in [-0.2, 0) is 4.12 Å². The van der Waals surface area contributed by atoms with Gasteiger partial charge in [0.05, 0.1) is 0 Å². The molecule has 0 spiro atoms. The standard InChI is InChI=1S/C4H14OSi2/c1-4-7(2,3)5-6/h4H2,1-3,6H3. The maximum absolute atomic E-state index is 5.36. The lowest BCUT2D eigenvalue weighted by molar-refractivity contribution is 0.609. The Bertz CT molecular complexity index is 47.7. The lowest BCUT2D eigenvalue weighted by atomic mass is 11.0. The van der Waals surface area contributed by atoms with Gasteiger partial charge in [-0.1, -0.05) is 6.92 Å². The molecule has 44 valence electrons. The van der Waals surface area contributed by atoms with Crippen LogP contribution >= 0.6 is 0 Å².